The van der Waals surface area contributed by atoms with Crippen LogP contribution in [-0.4, -0.2) is 14.4 Å². The summed E-state index contributed by atoms with van der Waals surface area (Å²) in [5.41, 5.74) is 0.834. The molecule has 1 heterocycles. The molecule has 1 aromatic heterocycles. The van der Waals surface area contributed by atoms with Crippen LogP contribution in [0.25, 0.3) is 0 Å². The molecule has 0 amide bonds. The van der Waals surface area contributed by atoms with E-state index in [9.17, 15) is 4.21 Å². The number of hydrogen-bond acceptors (Lipinski definition) is 4. The van der Waals surface area contributed by atoms with E-state index >= 15 is 0 Å². The van der Waals surface area contributed by atoms with Gasteiger partial charge in [0.1, 0.15) is 5.75 Å². The molecule has 0 aliphatic carbocycles. The molecule has 96 valence electrons. The number of aryl methyl sites for hydroxylation is 1. The van der Waals surface area contributed by atoms with Gasteiger partial charge in [0.05, 0.1) is 5.75 Å². The lowest BCUT2D eigenvalue weighted by Gasteiger charge is -2.04. The van der Waals surface area contributed by atoms with Gasteiger partial charge in [-0.15, -0.1) is 10.2 Å². The van der Waals surface area contributed by atoms with Crippen LogP contribution in [0.15, 0.2) is 27.1 Å². The Morgan fingerprint density at radius 3 is 2.83 bits per heavy atom. The van der Waals surface area contributed by atoms with Crippen molar-refractivity contribution in [3.8, 4) is 0 Å². The molecule has 0 bridgehead atoms. The van der Waals surface area contributed by atoms with Crippen molar-refractivity contribution < 1.29 is 8.63 Å². The van der Waals surface area contributed by atoms with Crippen LogP contribution in [0.3, 0.4) is 0 Å². The third kappa shape index (κ3) is 3.63. The summed E-state index contributed by atoms with van der Waals surface area (Å²) >= 11 is 9.40. The highest BCUT2D eigenvalue weighted by molar-refractivity contribution is 9.10. The molecule has 2 aromatic rings. The summed E-state index contributed by atoms with van der Waals surface area (Å²) in [5, 5.41) is 8.11. The summed E-state index contributed by atoms with van der Waals surface area (Å²) in [6.45, 7) is 1.70. The third-order valence-corrected chi connectivity index (χ3v) is 4.24. The topological polar surface area (TPSA) is 56.0 Å². The fraction of sp³-hybridized carbons (Fsp3) is 0.273. The molecule has 0 radical (unpaired) electrons. The predicted molar refractivity (Wildman–Crippen MR) is 73.7 cm³/mol. The quantitative estimate of drug-likeness (QED) is 0.850. The lowest BCUT2D eigenvalue weighted by atomic mass is 10.2. The van der Waals surface area contributed by atoms with E-state index in [1.807, 2.05) is 12.1 Å². The van der Waals surface area contributed by atoms with Gasteiger partial charge in [-0.2, -0.15) is 0 Å². The molecular formula is C11H10BrClN2O2S. The molecule has 0 aliphatic rings. The summed E-state index contributed by atoms with van der Waals surface area (Å²) in [6, 6.07) is 5.48. The summed E-state index contributed by atoms with van der Waals surface area (Å²) in [6.07, 6.45) is 0. The molecule has 18 heavy (non-hydrogen) atoms. The largest absolute Gasteiger partial charge is 0.425 e. The number of nitrogens with zero attached hydrogens (tertiary/aromatic N) is 2. The summed E-state index contributed by atoms with van der Waals surface area (Å²) in [4.78, 5) is 0. The van der Waals surface area contributed by atoms with Crippen LogP contribution in [0.4, 0.5) is 0 Å². The van der Waals surface area contributed by atoms with Crippen molar-refractivity contribution in [3.05, 3.63) is 45.0 Å². The Kier molecular flexibility index (Phi) is 4.53. The van der Waals surface area contributed by atoms with Gasteiger partial charge in [0.25, 0.3) is 0 Å². The summed E-state index contributed by atoms with van der Waals surface area (Å²) in [5.74, 6) is 1.46. The Morgan fingerprint density at radius 1 is 1.39 bits per heavy atom. The first-order valence-corrected chi connectivity index (χ1v) is 7.78. The Hall–Kier alpha value is -0.720. The maximum absolute atomic E-state index is 12.0. The molecule has 1 atom stereocenters. The van der Waals surface area contributed by atoms with E-state index < -0.39 is 10.8 Å². The molecule has 4 nitrogen and oxygen atoms in total. The normalized spacial score (nSPS) is 12.6. The maximum Gasteiger partial charge on any atom is 0.228 e. The van der Waals surface area contributed by atoms with E-state index in [0.717, 1.165) is 10.0 Å². The fourth-order valence-electron chi connectivity index (χ4n) is 1.41. The van der Waals surface area contributed by atoms with Crippen LogP contribution < -0.4 is 0 Å². The van der Waals surface area contributed by atoms with Crippen molar-refractivity contribution >= 4 is 38.3 Å². The molecule has 2 rings (SSSR count). The van der Waals surface area contributed by atoms with Gasteiger partial charge in [0.2, 0.25) is 11.8 Å². The number of aromatic nitrogens is 2. The van der Waals surface area contributed by atoms with Gasteiger partial charge < -0.3 is 4.42 Å². The summed E-state index contributed by atoms with van der Waals surface area (Å²) in [7, 11) is -1.13. The molecule has 0 fully saturated rings. The van der Waals surface area contributed by atoms with Crippen molar-refractivity contribution in [2.45, 2.75) is 18.4 Å². The Labute approximate surface area is 120 Å². The van der Waals surface area contributed by atoms with Gasteiger partial charge in [-0.3, -0.25) is 4.21 Å². The molecule has 0 unspecified atom stereocenters. The molecule has 0 spiro atoms. The van der Waals surface area contributed by atoms with Crippen LogP contribution in [0.5, 0.6) is 0 Å². The SMILES string of the molecule is Cc1nnc(C[S@](=O)Cc2cc(Br)ccc2Cl)o1. The minimum atomic E-state index is -1.13. The van der Waals surface area contributed by atoms with Gasteiger partial charge in [-0.05, 0) is 23.8 Å². The maximum atomic E-state index is 12.0. The molecule has 7 heteroatoms. The second kappa shape index (κ2) is 5.95. The van der Waals surface area contributed by atoms with Gasteiger partial charge in [-0.1, -0.05) is 27.5 Å². The minimum Gasteiger partial charge on any atom is -0.425 e. The van der Waals surface area contributed by atoms with Gasteiger partial charge in [0, 0.05) is 27.2 Å². The molecule has 0 N–H and O–H groups in total. The molecule has 0 aliphatic heterocycles. The van der Waals surface area contributed by atoms with Crippen LogP contribution in [0.2, 0.25) is 5.02 Å². The monoisotopic (exact) mass is 348 g/mol. The highest BCUT2D eigenvalue weighted by Crippen LogP contribution is 2.22. The van der Waals surface area contributed by atoms with E-state index in [4.69, 9.17) is 16.0 Å². The first kappa shape index (κ1) is 13.7. The van der Waals surface area contributed by atoms with Crippen molar-refractivity contribution in [2.75, 3.05) is 0 Å². The average molecular weight is 350 g/mol. The molecular weight excluding hydrogens is 340 g/mol. The van der Waals surface area contributed by atoms with Crippen LogP contribution >= 0.6 is 27.5 Å². The van der Waals surface area contributed by atoms with Crippen molar-refractivity contribution in [1.29, 1.82) is 0 Å². The highest BCUT2D eigenvalue weighted by atomic mass is 79.9. The standard InChI is InChI=1S/C11H10BrClN2O2S/c1-7-14-15-11(17-7)6-18(16)5-8-4-9(12)2-3-10(8)13/h2-4H,5-6H2,1H3/t18-/m1/s1. The van der Waals surface area contributed by atoms with E-state index in [-0.39, 0.29) is 5.75 Å². The van der Waals surface area contributed by atoms with E-state index in [0.29, 0.717) is 22.6 Å². The fourth-order valence-corrected chi connectivity index (χ4v) is 3.16. The predicted octanol–water partition coefficient (Wildman–Crippen LogP) is 3.24. The lowest BCUT2D eigenvalue weighted by Crippen LogP contribution is -2.00. The molecule has 1 aromatic carbocycles. The Bertz CT molecular complexity index is 588. The van der Waals surface area contributed by atoms with Crippen LogP contribution in [0.1, 0.15) is 17.3 Å². The van der Waals surface area contributed by atoms with Crippen molar-refractivity contribution in [2.24, 2.45) is 0 Å². The molecule has 0 saturated heterocycles. The van der Waals surface area contributed by atoms with Crippen molar-refractivity contribution in [3.63, 3.8) is 0 Å². The number of benzene rings is 1. The first-order valence-electron chi connectivity index (χ1n) is 5.12. The average Bonchev–Trinajstić information content (AvgIpc) is 2.69. The van der Waals surface area contributed by atoms with Crippen LogP contribution in [0, 0.1) is 6.92 Å². The second-order valence-corrected chi connectivity index (χ2v) is 6.46. The Morgan fingerprint density at radius 2 is 2.17 bits per heavy atom. The first-order chi connectivity index (χ1) is 8.54. The zero-order chi connectivity index (χ0) is 13.1. The van der Waals surface area contributed by atoms with Crippen molar-refractivity contribution in [1.82, 2.24) is 10.2 Å². The lowest BCUT2D eigenvalue weighted by molar-refractivity contribution is 0.483. The number of hydrogen-bond donors (Lipinski definition) is 0. The van der Waals surface area contributed by atoms with Gasteiger partial charge in [-0.25, -0.2) is 0 Å². The van der Waals surface area contributed by atoms with E-state index in [1.165, 1.54) is 0 Å². The third-order valence-electron chi connectivity index (χ3n) is 2.18. The smallest absolute Gasteiger partial charge is 0.228 e. The number of rotatable bonds is 4. The minimum absolute atomic E-state index is 0.240. The zero-order valence-electron chi connectivity index (χ0n) is 9.52. The zero-order valence-corrected chi connectivity index (χ0v) is 12.7. The van der Waals surface area contributed by atoms with Gasteiger partial charge in [0.15, 0.2) is 0 Å². The Balaban J connectivity index is 2.05. The van der Waals surface area contributed by atoms with E-state index in [2.05, 4.69) is 26.1 Å². The highest BCUT2D eigenvalue weighted by Gasteiger charge is 2.11. The summed E-state index contributed by atoms with van der Waals surface area (Å²) < 4.78 is 18.1. The van der Waals surface area contributed by atoms with Gasteiger partial charge >= 0.3 is 0 Å². The van der Waals surface area contributed by atoms with E-state index in [1.54, 1.807) is 13.0 Å². The second-order valence-electron chi connectivity index (χ2n) is 3.68. The van der Waals surface area contributed by atoms with Crippen LogP contribution in [-0.2, 0) is 22.3 Å². The number of halogens is 2. The molecule has 0 saturated carbocycles.